The minimum absolute atomic E-state index is 0.0805. The van der Waals surface area contributed by atoms with Crippen molar-refractivity contribution in [2.24, 2.45) is 10.1 Å². The number of guanidine groups is 1. The van der Waals surface area contributed by atoms with Gasteiger partial charge in [0, 0.05) is 18.8 Å². The summed E-state index contributed by atoms with van der Waals surface area (Å²) in [7, 11) is -3.74. The van der Waals surface area contributed by atoms with Crippen molar-refractivity contribution in [2.45, 2.75) is 38.8 Å². The van der Waals surface area contributed by atoms with E-state index in [4.69, 9.17) is 5.14 Å². The van der Waals surface area contributed by atoms with Gasteiger partial charge in [-0.05, 0) is 56.2 Å². The van der Waals surface area contributed by atoms with Crippen molar-refractivity contribution >= 4 is 16.0 Å². The van der Waals surface area contributed by atoms with E-state index in [1.165, 1.54) is 6.07 Å². The van der Waals surface area contributed by atoms with Crippen LogP contribution in [0.15, 0.2) is 64.5 Å². The minimum atomic E-state index is -3.74. The predicted molar refractivity (Wildman–Crippen MR) is 123 cm³/mol. The molecule has 0 saturated heterocycles. The smallest absolute Gasteiger partial charge is 0.238 e. The van der Waals surface area contributed by atoms with Gasteiger partial charge in [-0.3, -0.25) is 0 Å². The Labute approximate surface area is 183 Å². The van der Waals surface area contributed by atoms with Crippen molar-refractivity contribution in [3.8, 4) is 5.69 Å². The lowest BCUT2D eigenvalue weighted by atomic mass is 10.1. The van der Waals surface area contributed by atoms with E-state index in [0.717, 1.165) is 28.2 Å². The van der Waals surface area contributed by atoms with Crippen molar-refractivity contribution in [1.29, 1.82) is 0 Å². The number of hydrogen-bond acceptors (Lipinski definition) is 4. The topological polar surface area (TPSA) is 114 Å². The molecular formula is C22H28N6O2S. The molecule has 3 aromatic rings. The number of benzene rings is 2. The number of hydrogen-bond donors (Lipinski definition) is 3. The highest BCUT2D eigenvalue weighted by atomic mass is 32.2. The zero-order valence-corrected chi connectivity index (χ0v) is 18.8. The first-order chi connectivity index (χ1) is 14.8. The summed E-state index contributed by atoms with van der Waals surface area (Å²) in [4.78, 5) is 4.66. The van der Waals surface area contributed by atoms with Gasteiger partial charge in [0.05, 0.1) is 22.8 Å². The summed E-state index contributed by atoms with van der Waals surface area (Å²) >= 11 is 0. The lowest BCUT2D eigenvalue weighted by Crippen LogP contribution is -2.37. The summed E-state index contributed by atoms with van der Waals surface area (Å²) in [5, 5.41) is 16.4. The molecule has 0 amide bonds. The number of rotatable bonds is 7. The molecule has 164 valence electrons. The fourth-order valence-corrected chi connectivity index (χ4v) is 3.84. The van der Waals surface area contributed by atoms with Gasteiger partial charge < -0.3 is 10.6 Å². The molecule has 0 atom stereocenters. The summed E-state index contributed by atoms with van der Waals surface area (Å²) in [6.07, 6.45) is 0. The highest BCUT2D eigenvalue weighted by molar-refractivity contribution is 7.89. The first-order valence-electron chi connectivity index (χ1n) is 10.0. The lowest BCUT2D eigenvalue weighted by molar-refractivity contribution is 0.597. The Hall–Kier alpha value is -3.17. The number of aromatic nitrogens is 2. The van der Waals surface area contributed by atoms with Crippen LogP contribution >= 0.6 is 0 Å². The van der Waals surface area contributed by atoms with E-state index < -0.39 is 10.0 Å². The highest BCUT2D eigenvalue weighted by Crippen LogP contribution is 2.17. The molecule has 0 saturated carbocycles. The largest absolute Gasteiger partial charge is 0.357 e. The SMILES string of the molecule is CCNC(=NCc1cccc(S(N)(=O)=O)c1)NCc1ccccc1-n1nc(C)cc1C. The second kappa shape index (κ2) is 9.76. The summed E-state index contributed by atoms with van der Waals surface area (Å²) in [5.74, 6) is 0.631. The molecule has 1 heterocycles. The van der Waals surface area contributed by atoms with Crippen molar-refractivity contribution in [3.63, 3.8) is 0 Å². The summed E-state index contributed by atoms with van der Waals surface area (Å²) in [6.45, 7) is 7.57. The van der Waals surface area contributed by atoms with E-state index in [1.807, 2.05) is 55.8 Å². The Morgan fingerprint density at radius 2 is 1.87 bits per heavy atom. The predicted octanol–water partition coefficient (Wildman–Crippen LogP) is 2.39. The van der Waals surface area contributed by atoms with Gasteiger partial charge in [0.15, 0.2) is 5.96 Å². The van der Waals surface area contributed by atoms with Crippen LogP contribution in [0.5, 0.6) is 0 Å². The number of nitrogens with two attached hydrogens (primary N) is 1. The van der Waals surface area contributed by atoms with Crippen molar-refractivity contribution in [2.75, 3.05) is 6.54 Å². The zero-order valence-electron chi connectivity index (χ0n) is 18.0. The molecular weight excluding hydrogens is 412 g/mol. The number of nitrogens with one attached hydrogen (secondary N) is 2. The molecule has 3 rings (SSSR count). The Morgan fingerprint density at radius 1 is 1.10 bits per heavy atom. The third-order valence-corrected chi connectivity index (χ3v) is 5.58. The van der Waals surface area contributed by atoms with E-state index in [2.05, 4.69) is 26.8 Å². The lowest BCUT2D eigenvalue weighted by Gasteiger charge is -2.15. The molecule has 2 aromatic carbocycles. The van der Waals surface area contributed by atoms with Crippen LogP contribution in [0.3, 0.4) is 0 Å². The average molecular weight is 441 g/mol. The number of primary sulfonamides is 1. The van der Waals surface area contributed by atoms with Gasteiger partial charge >= 0.3 is 0 Å². The van der Waals surface area contributed by atoms with E-state index in [0.29, 0.717) is 25.6 Å². The van der Waals surface area contributed by atoms with Crippen LogP contribution in [0.1, 0.15) is 29.4 Å². The zero-order chi connectivity index (χ0) is 22.4. The number of para-hydroxylation sites is 1. The van der Waals surface area contributed by atoms with Crippen molar-refractivity contribution in [3.05, 3.63) is 77.1 Å². The molecule has 0 fully saturated rings. The highest BCUT2D eigenvalue weighted by Gasteiger charge is 2.10. The van der Waals surface area contributed by atoms with E-state index in [9.17, 15) is 8.42 Å². The first-order valence-corrected chi connectivity index (χ1v) is 11.6. The standard InChI is InChI=1S/C22H28N6O2S/c1-4-24-22(25-14-18-8-7-10-20(13-18)31(23,29)30)26-15-19-9-5-6-11-21(19)28-17(3)12-16(2)27-28/h5-13H,4,14-15H2,1-3H3,(H2,23,29,30)(H2,24,25,26). The fourth-order valence-electron chi connectivity index (χ4n) is 3.25. The molecule has 0 unspecified atom stereocenters. The number of nitrogens with zero attached hydrogens (tertiary/aromatic N) is 3. The van der Waals surface area contributed by atoms with Gasteiger partial charge in [0.25, 0.3) is 0 Å². The van der Waals surface area contributed by atoms with Crippen LogP contribution in [0.25, 0.3) is 5.69 Å². The molecule has 0 radical (unpaired) electrons. The molecule has 0 aliphatic rings. The summed E-state index contributed by atoms with van der Waals surface area (Å²) in [5.41, 5.74) is 4.89. The van der Waals surface area contributed by atoms with Crippen LogP contribution in [0, 0.1) is 13.8 Å². The van der Waals surface area contributed by atoms with E-state index >= 15 is 0 Å². The van der Waals surface area contributed by atoms with Crippen LogP contribution < -0.4 is 15.8 Å². The fraction of sp³-hybridized carbons (Fsp3) is 0.273. The first kappa shape index (κ1) is 22.5. The van der Waals surface area contributed by atoms with Crippen LogP contribution in [-0.2, 0) is 23.1 Å². The van der Waals surface area contributed by atoms with E-state index in [1.54, 1.807) is 12.1 Å². The van der Waals surface area contributed by atoms with Gasteiger partial charge in [0.2, 0.25) is 10.0 Å². The van der Waals surface area contributed by atoms with Crippen LogP contribution in [-0.4, -0.2) is 30.7 Å². The maximum absolute atomic E-state index is 11.6. The number of aliphatic imine (C=N–C) groups is 1. The molecule has 9 heteroatoms. The Balaban J connectivity index is 1.77. The molecule has 1 aromatic heterocycles. The van der Waals surface area contributed by atoms with Crippen LogP contribution in [0.4, 0.5) is 0 Å². The molecule has 0 aliphatic heterocycles. The maximum Gasteiger partial charge on any atom is 0.238 e. The molecule has 4 N–H and O–H groups in total. The summed E-state index contributed by atoms with van der Waals surface area (Å²) < 4.78 is 25.1. The molecule has 0 aliphatic carbocycles. The molecule has 8 nitrogen and oxygen atoms in total. The minimum Gasteiger partial charge on any atom is -0.357 e. The quantitative estimate of drug-likeness (QED) is 0.386. The Kier molecular flexibility index (Phi) is 7.09. The Bertz CT molecular complexity index is 1180. The van der Waals surface area contributed by atoms with Gasteiger partial charge in [-0.1, -0.05) is 30.3 Å². The van der Waals surface area contributed by atoms with Gasteiger partial charge in [0.1, 0.15) is 0 Å². The Morgan fingerprint density at radius 3 is 2.55 bits per heavy atom. The molecule has 0 bridgehead atoms. The van der Waals surface area contributed by atoms with Crippen molar-refractivity contribution in [1.82, 2.24) is 20.4 Å². The second-order valence-corrected chi connectivity index (χ2v) is 8.77. The summed E-state index contributed by atoms with van der Waals surface area (Å²) in [6, 6.07) is 16.6. The van der Waals surface area contributed by atoms with Gasteiger partial charge in [-0.2, -0.15) is 5.10 Å². The van der Waals surface area contributed by atoms with E-state index in [-0.39, 0.29) is 4.90 Å². The number of sulfonamides is 1. The van der Waals surface area contributed by atoms with Gasteiger partial charge in [-0.25, -0.2) is 23.2 Å². The monoisotopic (exact) mass is 440 g/mol. The third-order valence-electron chi connectivity index (χ3n) is 4.67. The second-order valence-electron chi connectivity index (χ2n) is 7.21. The van der Waals surface area contributed by atoms with Crippen molar-refractivity contribution < 1.29 is 8.42 Å². The normalized spacial score (nSPS) is 12.1. The van der Waals surface area contributed by atoms with Crippen LogP contribution in [0.2, 0.25) is 0 Å². The average Bonchev–Trinajstić information content (AvgIpc) is 3.07. The third kappa shape index (κ3) is 5.93. The number of aryl methyl sites for hydroxylation is 2. The van der Waals surface area contributed by atoms with Gasteiger partial charge in [-0.15, -0.1) is 0 Å². The molecule has 31 heavy (non-hydrogen) atoms. The molecule has 0 spiro atoms. The maximum atomic E-state index is 11.6.